The molecule has 0 radical (unpaired) electrons. The molecule has 7 heteroatoms. The van der Waals surface area contributed by atoms with Crippen LogP contribution in [0.4, 0.5) is 0 Å². The van der Waals surface area contributed by atoms with Crippen molar-refractivity contribution in [3.8, 4) is 0 Å². The molecule has 2 fully saturated rings. The van der Waals surface area contributed by atoms with Crippen LogP contribution in [-0.4, -0.2) is 44.0 Å². The van der Waals surface area contributed by atoms with Crippen molar-refractivity contribution in [1.29, 1.82) is 0 Å². The van der Waals surface area contributed by atoms with Gasteiger partial charge in [-0.15, -0.1) is 0 Å². The average molecular weight is 186 g/mol. The van der Waals surface area contributed by atoms with E-state index in [1.165, 1.54) is 0 Å². The van der Waals surface area contributed by atoms with Crippen molar-refractivity contribution in [2.75, 3.05) is 26.4 Å². The van der Waals surface area contributed by atoms with Crippen LogP contribution in [0.15, 0.2) is 0 Å². The van der Waals surface area contributed by atoms with Crippen LogP contribution in [0, 0.1) is 0 Å². The maximum absolute atomic E-state index is 8.74. The first kappa shape index (κ1) is 10.8. The molecular weight excluding hydrogens is 176 g/mol. The summed E-state index contributed by atoms with van der Waals surface area (Å²) in [6, 6.07) is 0. The van der Waals surface area contributed by atoms with Gasteiger partial charge in [-0.2, -0.15) is 8.42 Å². The average Bonchev–Trinajstić information content (AvgIpc) is 2.58. The van der Waals surface area contributed by atoms with Gasteiger partial charge in [-0.25, -0.2) is 0 Å². The Labute approximate surface area is 64.7 Å². The van der Waals surface area contributed by atoms with Crippen LogP contribution in [-0.2, 0) is 19.9 Å². The molecule has 2 heterocycles. The van der Waals surface area contributed by atoms with Crippen molar-refractivity contribution < 1.29 is 27.0 Å². The normalized spacial score (nSPS) is 18.4. The van der Waals surface area contributed by atoms with Crippen LogP contribution < -0.4 is 0 Å². The molecule has 0 aliphatic carbocycles. The second kappa shape index (κ2) is 5.44. The maximum Gasteiger partial charge on any atom is 0.394 e. The zero-order valence-corrected chi connectivity index (χ0v) is 6.58. The molecule has 0 atom stereocenters. The lowest BCUT2D eigenvalue weighted by Crippen LogP contribution is -1.89. The van der Waals surface area contributed by atoms with Gasteiger partial charge in [0.15, 0.2) is 0 Å². The summed E-state index contributed by atoms with van der Waals surface area (Å²) in [6.07, 6.45) is 0. The Hall–Kier alpha value is -0.210. The zero-order chi connectivity index (χ0) is 8.74. The van der Waals surface area contributed by atoms with Gasteiger partial charge in [0.1, 0.15) is 0 Å². The highest BCUT2D eigenvalue weighted by Gasteiger charge is 1.94. The van der Waals surface area contributed by atoms with Gasteiger partial charge in [0.2, 0.25) is 0 Å². The molecule has 0 unspecified atom stereocenters. The second-order valence-corrected chi connectivity index (χ2v) is 2.57. The topological polar surface area (TPSA) is 99.7 Å². The Morgan fingerprint density at radius 1 is 0.909 bits per heavy atom. The van der Waals surface area contributed by atoms with Crippen LogP contribution in [0.3, 0.4) is 0 Å². The van der Waals surface area contributed by atoms with E-state index in [9.17, 15) is 0 Å². The summed E-state index contributed by atoms with van der Waals surface area (Å²) in [5.74, 6) is 0. The lowest BCUT2D eigenvalue weighted by atomic mass is 11.0. The van der Waals surface area contributed by atoms with E-state index in [2.05, 4.69) is 9.47 Å². The van der Waals surface area contributed by atoms with Crippen molar-refractivity contribution in [2.45, 2.75) is 0 Å². The number of epoxide rings is 2. The summed E-state index contributed by atoms with van der Waals surface area (Å²) in [5.41, 5.74) is 0. The van der Waals surface area contributed by atoms with Gasteiger partial charge >= 0.3 is 10.4 Å². The van der Waals surface area contributed by atoms with E-state index in [-0.39, 0.29) is 0 Å². The minimum absolute atomic E-state index is 1.00. The van der Waals surface area contributed by atoms with Crippen LogP contribution >= 0.6 is 0 Å². The lowest BCUT2D eigenvalue weighted by molar-refractivity contribution is 0.381. The minimum atomic E-state index is -4.67. The van der Waals surface area contributed by atoms with Gasteiger partial charge in [-0.1, -0.05) is 0 Å². The smallest absolute Gasteiger partial charge is 0.377 e. The number of rotatable bonds is 0. The predicted molar refractivity (Wildman–Crippen MR) is 35.8 cm³/mol. The molecule has 0 aromatic heterocycles. The van der Waals surface area contributed by atoms with Crippen molar-refractivity contribution in [1.82, 2.24) is 0 Å². The molecule has 2 aliphatic rings. The highest BCUT2D eigenvalue weighted by Crippen LogP contribution is 1.85. The Balaban J connectivity index is 0.000000142. The first-order valence-corrected chi connectivity index (χ1v) is 4.25. The monoisotopic (exact) mass is 186 g/mol. The minimum Gasteiger partial charge on any atom is -0.377 e. The largest absolute Gasteiger partial charge is 0.394 e. The van der Waals surface area contributed by atoms with Crippen LogP contribution in [0.25, 0.3) is 0 Å². The Kier molecular flexibility index (Phi) is 5.34. The molecule has 0 bridgehead atoms. The quantitative estimate of drug-likeness (QED) is 0.386. The molecule has 2 N–H and O–H groups in total. The van der Waals surface area contributed by atoms with E-state index in [0.717, 1.165) is 26.4 Å². The molecule has 0 aromatic rings. The standard InChI is InChI=1S/2C2H4O.H2O4S/c2*1-2-3-1;1-5(2,3)4/h2*1-2H2;(H2,1,2,3,4). The summed E-state index contributed by atoms with van der Waals surface area (Å²) in [5, 5.41) is 0. The molecule has 6 nitrogen and oxygen atoms in total. The van der Waals surface area contributed by atoms with E-state index in [4.69, 9.17) is 17.5 Å². The van der Waals surface area contributed by atoms with Gasteiger partial charge in [-0.3, -0.25) is 9.11 Å². The van der Waals surface area contributed by atoms with Crippen molar-refractivity contribution in [2.24, 2.45) is 0 Å². The summed E-state index contributed by atoms with van der Waals surface area (Å²) >= 11 is 0. The van der Waals surface area contributed by atoms with Crippen LogP contribution in [0.5, 0.6) is 0 Å². The predicted octanol–water partition coefficient (Wildman–Crippen LogP) is -0.620. The molecule has 2 rings (SSSR count). The number of ether oxygens (including phenoxy) is 2. The fraction of sp³-hybridized carbons (Fsp3) is 1.00. The first-order chi connectivity index (χ1) is 5.00. The van der Waals surface area contributed by atoms with E-state index in [1.54, 1.807) is 0 Å². The molecule has 0 amide bonds. The molecule has 0 spiro atoms. The molecular formula is C4H10O6S. The van der Waals surface area contributed by atoms with E-state index >= 15 is 0 Å². The van der Waals surface area contributed by atoms with Gasteiger partial charge in [0.05, 0.1) is 26.4 Å². The van der Waals surface area contributed by atoms with Gasteiger partial charge in [0, 0.05) is 0 Å². The summed E-state index contributed by atoms with van der Waals surface area (Å²) in [6.45, 7) is 4.00. The molecule has 68 valence electrons. The van der Waals surface area contributed by atoms with Gasteiger partial charge in [0.25, 0.3) is 0 Å². The van der Waals surface area contributed by atoms with Crippen molar-refractivity contribution in [3.63, 3.8) is 0 Å². The fourth-order valence-corrected chi connectivity index (χ4v) is 0. The summed E-state index contributed by atoms with van der Waals surface area (Å²) in [4.78, 5) is 0. The molecule has 0 saturated carbocycles. The van der Waals surface area contributed by atoms with Crippen LogP contribution in [0.2, 0.25) is 0 Å². The van der Waals surface area contributed by atoms with E-state index in [1.807, 2.05) is 0 Å². The maximum atomic E-state index is 8.74. The summed E-state index contributed by atoms with van der Waals surface area (Å²) in [7, 11) is -4.67. The number of hydrogen-bond donors (Lipinski definition) is 2. The van der Waals surface area contributed by atoms with Crippen molar-refractivity contribution >= 4 is 10.4 Å². The Bertz CT molecular complexity index is 150. The molecule has 0 aromatic carbocycles. The molecule has 2 saturated heterocycles. The third-order valence-corrected chi connectivity index (χ3v) is 0.408. The Morgan fingerprint density at radius 2 is 1.00 bits per heavy atom. The van der Waals surface area contributed by atoms with E-state index in [0.29, 0.717) is 0 Å². The molecule has 11 heavy (non-hydrogen) atoms. The first-order valence-electron chi connectivity index (χ1n) is 2.85. The second-order valence-electron chi connectivity index (χ2n) is 1.67. The zero-order valence-electron chi connectivity index (χ0n) is 5.76. The Morgan fingerprint density at radius 3 is 1.00 bits per heavy atom. The SMILES string of the molecule is C1CO1.C1CO1.O=S(=O)(O)O. The highest BCUT2D eigenvalue weighted by molar-refractivity contribution is 7.79. The summed E-state index contributed by atoms with van der Waals surface area (Å²) < 4.78 is 40.6. The molecule has 2 aliphatic heterocycles. The van der Waals surface area contributed by atoms with Crippen LogP contribution in [0.1, 0.15) is 0 Å². The van der Waals surface area contributed by atoms with E-state index < -0.39 is 10.4 Å². The fourth-order valence-electron chi connectivity index (χ4n) is 0. The highest BCUT2D eigenvalue weighted by atomic mass is 32.3. The lowest BCUT2D eigenvalue weighted by Gasteiger charge is -1.68. The number of hydrogen-bond acceptors (Lipinski definition) is 4. The third-order valence-electron chi connectivity index (χ3n) is 0.408. The van der Waals surface area contributed by atoms with Crippen molar-refractivity contribution in [3.05, 3.63) is 0 Å². The van der Waals surface area contributed by atoms with Gasteiger partial charge < -0.3 is 9.47 Å². The third kappa shape index (κ3) is 185. The van der Waals surface area contributed by atoms with Gasteiger partial charge in [-0.05, 0) is 0 Å².